The van der Waals surface area contributed by atoms with Crippen LogP contribution in [0.5, 0.6) is 5.75 Å². The molecule has 0 fully saturated rings. The lowest BCUT2D eigenvalue weighted by Gasteiger charge is -2.06. The van der Waals surface area contributed by atoms with Crippen molar-refractivity contribution in [3.05, 3.63) is 52.2 Å². The number of anilines is 1. The maximum absolute atomic E-state index is 12.4. The van der Waals surface area contributed by atoms with E-state index in [1.807, 2.05) is 0 Å². The molecule has 0 bridgehead atoms. The first-order valence-electron chi connectivity index (χ1n) is 5.85. The van der Waals surface area contributed by atoms with E-state index in [2.05, 4.69) is 19.5 Å². The highest BCUT2D eigenvalue weighted by molar-refractivity contribution is 7.81. The molecule has 22 heavy (non-hydrogen) atoms. The molecule has 2 aromatic heterocycles. The van der Waals surface area contributed by atoms with Gasteiger partial charge in [0.25, 0.3) is 11.5 Å². The first-order valence-corrected chi connectivity index (χ1v) is 7.16. The van der Waals surface area contributed by atoms with E-state index >= 15 is 0 Å². The number of halogens is 1. The number of carbonyl (C=O) groups excluding carboxylic acids is 1. The van der Waals surface area contributed by atoms with E-state index in [4.69, 9.17) is 0 Å². The summed E-state index contributed by atoms with van der Waals surface area (Å²) in [7, 11) is -5.22. The Labute approximate surface area is 124 Å². The minimum absolute atomic E-state index is 0.0000319. The van der Waals surface area contributed by atoms with Crippen LogP contribution < -0.4 is 15.1 Å². The minimum Gasteiger partial charge on any atom is -0.357 e. The van der Waals surface area contributed by atoms with Crippen molar-refractivity contribution >= 4 is 22.1 Å². The zero-order chi connectivity index (χ0) is 16.3. The number of amides is 1. The molecule has 0 unspecified atom stereocenters. The van der Waals surface area contributed by atoms with Crippen molar-refractivity contribution in [2.45, 2.75) is 6.92 Å². The van der Waals surface area contributed by atoms with E-state index < -0.39 is 27.7 Å². The number of nitrogens with one attached hydrogen (secondary N) is 2. The van der Waals surface area contributed by atoms with E-state index in [9.17, 15) is 21.9 Å². The summed E-state index contributed by atoms with van der Waals surface area (Å²) < 4.78 is 37.2. The molecule has 0 atom stereocenters. The minimum atomic E-state index is -5.22. The summed E-state index contributed by atoms with van der Waals surface area (Å²) in [6.07, 6.45) is 2.03. The second kappa shape index (κ2) is 5.93. The van der Waals surface area contributed by atoms with Crippen LogP contribution in [0.4, 0.5) is 9.57 Å². The van der Waals surface area contributed by atoms with Crippen molar-refractivity contribution < 1.29 is 21.3 Å². The Hall–Kier alpha value is -2.75. The molecule has 10 heteroatoms. The Bertz CT molecular complexity index is 878. The molecule has 2 heterocycles. The Morgan fingerprint density at radius 2 is 2.09 bits per heavy atom. The third kappa shape index (κ3) is 4.12. The molecule has 0 aromatic carbocycles. The zero-order valence-corrected chi connectivity index (χ0v) is 12.0. The largest absolute Gasteiger partial charge is 0.488 e. The van der Waals surface area contributed by atoms with Crippen LogP contribution in [0, 0.1) is 6.92 Å². The number of hydrogen-bond acceptors (Lipinski definition) is 6. The standard InChI is InChI=1S/C12H10FN3O5S/c1-7-2-3-10(12(18)15-7)16-11(17)8-4-9(6-14-5-8)21-22(13,19)20/h2-6H,1H3,(H,15,18)(H,16,17). The third-order valence-electron chi connectivity index (χ3n) is 2.47. The maximum Gasteiger partial charge on any atom is 0.488 e. The van der Waals surface area contributed by atoms with Gasteiger partial charge in [-0.2, -0.15) is 8.42 Å². The van der Waals surface area contributed by atoms with Crippen molar-refractivity contribution in [1.82, 2.24) is 9.97 Å². The molecule has 0 saturated heterocycles. The third-order valence-corrected chi connectivity index (χ3v) is 2.87. The normalized spacial score (nSPS) is 11.0. The SMILES string of the molecule is Cc1ccc(NC(=O)c2cncc(OS(=O)(=O)F)c2)c(=O)[nH]1. The molecular weight excluding hydrogens is 317 g/mol. The van der Waals surface area contributed by atoms with Crippen LogP contribution in [0.15, 0.2) is 35.4 Å². The average molecular weight is 327 g/mol. The quantitative estimate of drug-likeness (QED) is 0.806. The molecule has 0 saturated carbocycles. The lowest BCUT2D eigenvalue weighted by Crippen LogP contribution is -2.20. The number of carbonyl (C=O) groups is 1. The predicted molar refractivity (Wildman–Crippen MR) is 74.6 cm³/mol. The Balaban J connectivity index is 2.23. The topological polar surface area (TPSA) is 118 Å². The summed E-state index contributed by atoms with van der Waals surface area (Å²) in [5.74, 6) is -1.20. The second-order valence-electron chi connectivity index (χ2n) is 4.22. The van der Waals surface area contributed by atoms with E-state index in [1.54, 1.807) is 13.0 Å². The van der Waals surface area contributed by atoms with E-state index in [-0.39, 0.29) is 11.3 Å². The molecule has 0 aliphatic rings. The van der Waals surface area contributed by atoms with Crippen molar-refractivity contribution in [2.24, 2.45) is 0 Å². The summed E-state index contributed by atoms with van der Waals surface area (Å²) in [5.41, 5.74) is 0.00873. The second-order valence-corrected chi connectivity index (χ2v) is 5.18. The molecule has 0 radical (unpaired) electrons. The maximum atomic E-state index is 12.4. The number of nitrogens with zero attached hydrogens (tertiary/aromatic N) is 1. The highest BCUT2D eigenvalue weighted by Crippen LogP contribution is 2.15. The van der Waals surface area contributed by atoms with Crippen molar-refractivity contribution in [3.63, 3.8) is 0 Å². The first kappa shape index (κ1) is 15.6. The predicted octanol–water partition coefficient (Wildman–Crippen LogP) is 0.924. The number of rotatable bonds is 4. The number of aromatic amines is 1. The van der Waals surface area contributed by atoms with Gasteiger partial charge in [-0.25, -0.2) is 0 Å². The lowest BCUT2D eigenvalue weighted by molar-refractivity contribution is 0.102. The van der Waals surface area contributed by atoms with Gasteiger partial charge in [0.05, 0.1) is 11.8 Å². The smallest absolute Gasteiger partial charge is 0.357 e. The molecule has 1 amide bonds. The van der Waals surface area contributed by atoms with Gasteiger partial charge in [-0.15, -0.1) is 0 Å². The molecule has 0 aliphatic carbocycles. The average Bonchev–Trinajstić information content (AvgIpc) is 2.40. The number of aromatic nitrogens is 2. The van der Waals surface area contributed by atoms with E-state index in [0.717, 1.165) is 18.5 Å². The molecule has 2 N–H and O–H groups in total. The molecule has 2 aromatic rings. The molecule has 0 aliphatic heterocycles. The van der Waals surface area contributed by atoms with Crippen LogP contribution in [0.1, 0.15) is 16.1 Å². The number of H-pyrrole nitrogens is 1. The van der Waals surface area contributed by atoms with Gasteiger partial charge in [-0.3, -0.25) is 14.6 Å². The van der Waals surface area contributed by atoms with Gasteiger partial charge in [0.15, 0.2) is 5.75 Å². The molecule has 2 rings (SSSR count). The van der Waals surface area contributed by atoms with Gasteiger partial charge in [-0.05, 0) is 25.1 Å². The van der Waals surface area contributed by atoms with Gasteiger partial charge >= 0.3 is 10.5 Å². The molecular formula is C12H10FN3O5S. The van der Waals surface area contributed by atoms with Crippen LogP contribution in [0.2, 0.25) is 0 Å². The first-order chi connectivity index (χ1) is 10.2. The van der Waals surface area contributed by atoms with Gasteiger partial charge in [0.1, 0.15) is 5.69 Å². The molecule has 8 nitrogen and oxygen atoms in total. The molecule has 0 spiro atoms. The monoisotopic (exact) mass is 327 g/mol. The van der Waals surface area contributed by atoms with Crippen LogP contribution in [-0.2, 0) is 10.5 Å². The highest BCUT2D eigenvalue weighted by Gasteiger charge is 2.14. The van der Waals surface area contributed by atoms with Crippen molar-refractivity contribution in [1.29, 1.82) is 0 Å². The van der Waals surface area contributed by atoms with E-state index in [0.29, 0.717) is 5.69 Å². The van der Waals surface area contributed by atoms with Crippen LogP contribution in [-0.4, -0.2) is 24.3 Å². The Morgan fingerprint density at radius 1 is 1.36 bits per heavy atom. The summed E-state index contributed by atoms with van der Waals surface area (Å²) >= 11 is 0. The van der Waals surface area contributed by atoms with Crippen molar-refractivity contribution in [2.75, 3.05) is 5.32 Å². The number of aryl methyl sites for hydroxylation is 1. The summed E-state index contributed by atoms with van der Waals surface area (Å²) in [6, 6.07) is 3.97. The summed E-state index contributed by atoms with van der Waals surface area (Å²) in [6.45, 7) is 1.68. The fourth-order valence-electron chi connectivity index (χ4n) is 1.57. The van der Waals surface area contributed by atoms with Gasteiger partial charge < -0.3 is 14.5 Å². The molecule has 116 valence electrons. The number of pyridine rings is 2. The Kier molecular flexibility index (Phi) is 4.22. The van der Waals surface area contributed by atoms with Gasteiger partial charge in [0.2, 0.25) is 0 Å². The van der Waals surface area contributed by atoms with E-state index in [1.165, 1.54) is 6.07 Å². The van der Waals surface area contributed by atoms with Crippen molar-refractivity contribution in [3.8, 4) is 5.75 Å². The highest BCUT2D eigenvalue weighted by atomic mass is 32.3. The fraction of sp³-hybridized carbons (Fsp3) is 0.0833. The zero-order valence-electron chi connectivity index (χ0n) is 11.2. The van der Waals surface area contributed by atoms with Gasteiger partial charge in [0, 0.05) is 11.9 Å². The Morgan fingerprint density at radius 3 is 2.73 bits per heavy atom. The number of hydrogen-bond donors (Lipinski definition) is 2. The summed E-state index contributed by atoms with van der Waals surface area (Å²) in [4.78, 5) is 29.7. The van der Waals surface area contributed by atoms with Crippen LogP contribution in [0.3, 0.4) is 0 Å². The van der Waals surface area contributed by atoms with Gasteiger partial charge in [-0.1, -0.05) is 3.89 Å². The van der Waals surface area contributed by atoms with Crippen LogP contribution >= 0.6 is 0 Å². The summed E-state index contributed by atoms with van der Waals surface area (Å²) in [5, 5.41) is 2.32. The fourth-order valence-corrected chi connectivity index (χ4v) is 1.89. The van der Waals surface area contributed by atoms with Crippen LogP contribution in [0.25, 0.3) is 0 Å². The lowest BCUT2D eigenvalue weighted by atomic mass is 10.2.